The topological polar surface area (TPSA) is 45.2 Å². The third kappa shape index (κ3) is 1.38. The van der Waals surface area contributed by atoms with Crippen LogP contribution in [0.2, 0.25) is 0 Å². The smallest absolute Gasteiger partial charge is 0.116 e. The van der Waals surface area contributed by atoms with Crippen molar-refractivity contribution in [3.05, 3.63) is 30.0 Å². The van der Waals surface area contributed by atoms with Crippen molar-refractivity contribution < 1.29 is 9.84 Å². The molecule has 0 aliphatic heterocycles. The van der Waals surface area contributed by atoms with Crippen LogP contribution < -0.4 is 0 Å². The van der Waals surface area contributed by atoms with Crippen LogP contribution in [-0.2, 0) is 11.3 Å². The van der Waals surface area contributed by atoms with Gasteiger partial charge in [0, 0.05) is 29.8 Å². The van der Waals surface area contributed by atoms with Crippen LogP contribution in [0, 0.1) is 0 Å². The first-order valence-corrected chi connectivity index (χ1v) is 4.09. The van der Waals surface area contributed by atoms with E-state index in [1.165, 1.54) is 0 Å². The molecule has 0 saturated carbocycles. The maximum absolute atomic E-state index is 9.29. The van der Waals surface area contributed by atoms with Gasteiger partial charge in [-0.25, -0.2) is 0 Å². The Morgan fingerprint density at radius 1 is 1.46 bits per heavy atom. The van der Waals surface area contributed by atoms with Crippen molar-refractivity contribution in [2.45, 2.75) is 6.61 Å². The van der Waals surface area contributed by atoms with Gasteiger partial charge in [0.05, 0.1) is 6.61 Å². The van der Waals surface area contributed by atoms with Crippen LogP contribution >= 0.6 is 0 Å². The molecule has 13 heavy (non-hydrogen) atoms. The minimum absolute atomic E-state index is 0.282. The Hall–Kier alpha value is -1.48. The molecule has 0 atom stereocenters. The SMILES string of the molecule is COCc1c[nH]c2ccc(O)cc12. The zero-order valence-corrected chi connectivity index (χ0v) is 7.37. The number of methoxy groups -OCH3 is 1. The molecule has 0 aliphatic rings. The van der Waals surface area contributed by atoms with Gasteiger partial charge in [0.1, 0.15) is 5.75 Å². The van der Waals surface area contributed by atoms with E-state index in [4.69, 9.17) is 4.74 Å². The number of aromatic amines is 1. The molecule has 0 unspecified atom stereocenters. The number of phenols is 1. The van der Waals surface area contributed by atoms with Gasteiger partial charge < -0.3 is 14.8 Å². The first-order chi connectivity index (χ1) is 6.31. The zero-order chi connectivity index (χ0) is 9.26. The van der Waals surface area contributed by atoms with E-state index in [9.17, 15) is 5.11 Å². The minimum Gasteiger partial charge on any atom is -0.508 e. The summed E-state index contributed by atoms with van der Waals surface area (Å²) in [5.74, 6) is 0.282. The van der Waals surface area contributed by atoms with E-state index < -0.39 is 0 Å². The molecule has 0 bridgehead atoms. The van der Waals surface area contributed by atoms with E-state index in [1.54, 1.807) is 19.2 Å². The highest BCUT2D eigenvalue weighted by Gasteiger charge is 2.03. The van der Waals surface area contributed by atoms with Crippen molar-refractivity contribution in [1.82, 2.24) is 4.98 Å². The summed E-state index contributed by atoms with van der Waals surface area (Å²) in [6.45, 7) is 0.559. The molecule has 0 fully saturated rings. The quantitative estimate of drug-likeness (QED) is 0.737. The highest BCUT2D eigenvalue weighted by Crippen LogP contribution is 2.23. The van der Waals surface area contributed by atoms with E-state index in [0.717, 1.165) is 16.5 Å². The van der Waals surface area contributed by atoms with E-state index >= 15 is 0 Å². The van der Waals surface area contributed by atoms with Crippen LogP contribution in [0.1, 0.15) is 5.56 Å². The van der Waals surface area contributed by atoms with E-state index in [0.29, 0.717) is 6.61 Å². The van der Waals surface area contributed by atoms with E-state index in [2.05, 4.69) is 4.98 Å². The third-order valence-corrected chi connectivity index (χ3v) is 2.05. The van der Waals surface area contributed by atoms with Crippen LogP contribution in [-0.4, -0.2) is 17.2 Å². The van der Waals surface area contributed by atoms with Crippen LogP contribution in [0.15, 0.2) is 24.4 Å². The fraction of sp³-hybridized carbons (Fsp3) is 0.200. The van der Waals surface area contributed by atoms with Gasteiger partial charge in [0.15, 0.2) is 0 Å². The van der Waals surface area contributed by atoms with Gasteiger partial charge in [0.25, 0.3) is 0 Å². The second-order valence-electron chi connectivity index (χ2n) is 2.98. The number of hydrogen-bond acceptors (Lipinski definition) is 2. The largest absolute Gasteiger partial charge is 0.508 e. The van der Waals surface area contributed by atoms with Crippen molar-refractivity contribution in [1.29, 1.82) is 0 Å². The molecule has 2 rings (SSSR count). The van der Waals surface area contributed by atoms with Crippen molar-refractivity contribution in [2.24, 2.45) is 0 Å². The average Bonchev–Trinajstić information content (AvgIpc) is 2.49. The van der Waals surface area contributed by atoms with E-state index in [-0.39, 0.29) is 5.75 Å². The molecule has 0 saturated heterocycles. The summed E-state index contributed by atoms with van der Waals surface area (Å²) in [6.07, 6.45) is 1.90. The van der Waals surface area contributed by atoms with Crippen LogP contribution in [0.4, 0.5) is 0 Å². The Kier molecular flexibility index (Phi) is 1.94. The van der Waals surface area contributed by atoms with Gasteiger partial charge in [-0.1, -0.05) is 0 Å². The average molecular weight is 177 g/mol. The lowest BCUT2D eigenvalue weighted by Crippen LogP contribution is -1.83. The van der Waals surface area contributed by atoms with Gasteiger partial charge in [-0.05, 0) is 18.2 Å². The highest BCUT2D eigenvalue weighted by molar-refractivity contribution is 5.84. The van der Waals surface area contributed by atoms with Gasteiger partial charge in [0.2, 0.25) is 0 Å². The molecule has 1 aromatic carbocycles. The number of phenolic OH excluding ortho intramolecular Hbond substituents is 1. The standard InChI is InChI=1S/C10H11NO2/c1-13-6-7-5-11-10-3-2-8(12)4-9(7)10/h2-5,11-12H,6H2,1H3. The molecule has 0 radical (unpaired) electrons. The fourth-order valence-corrected chi connectivity index (χ4v) is 1.44. The van der Waals surface area contributed by atoms with Gasteiger partial charge >= 0.3 is 0 Å². The number of fused-ring (bicyclic) bond motifs is 1. The first kappa shape index (κ1) is 8.13. The number of nitrogens with one attached hydrogen (secondary N) is 1. The highest BCUT2D eigenvalue weighted by atomic mass is 16.5. The summed E-state index contributed by atoms with van der Waals surface area (Å²) >= 11 is 0. The summed E-state index contributed by atoms with van der Waals surface area (Å²) in [4.78, 5) is 3.11. The third-order valence-electron chi connectivity index (χ3n) is 2.05. The number of H-pyrrole nitrogens is 1. The maximum atomic E-state index is 9.29. The van der Waals surface area contributed by atoms with Crippen LogP contribution in [0.3, 0.4) is 0 Å². The number of hydrogen-bond donors (Lipinski definition) is 2. The molecule has 1 aromatic heterocycles. The Balaban J connectivity index is 2.58. The van der Waals surface area contributed by atoms with Crippen molar-refractivity contribution in [2.75, 3.05) is 7.11 Å². The van der Waals surface area contributed by atoms with E-state index in [1.807, 2.05) is 12.3 Å². The number of aromatic hydroxyl groups is 1. The Morgan fingerprint density at radius 3 is 3.08 bits per heavy atom. The van der Waals surface area contributed by atoms with Crippen molar-refractivity contribution >= 4 is 10.9 Å². The normalized spacial score (nSPS) is 10.8. The number of aromatic nitrogens is 1. The molecular weight excluding hydrogens is 166 g/mol. The Labute approximate surface area is 76.0 Å². The lowest BCUT2D eigenvalue weighted by Gasteiger charge is -1.97. The van der Waals surface area contributed by atoms with Crippen molar-refractivity contribution in [3.63, 3.8) is 0 Å². The lowest BCUT2D eigenvalue weighted by atomic mass is 10.2. The summed E-state index contributed by atoms with van der Waals surface area (Å²) < 4.78 is 5.03. The minimum atomic E-state index is 0.282. The summed E-state index contributed by atoms with van der Waals surface area (Å²) in [7, 11) is 1.65. The predicted molar refractivity (Wildman–Crippen MR) is 50.7 cm³/mol. The maximum Gasteiger partial charge on any atom is 0.116 e. The Morgan fingerprint density at radius 2 is 2.31 bits per heavy atom. The number of benzene rings is 1. The summed E-state index contributed by atoms with van der Waals surface area (Å²) in [6, 6.07) is 5.25. The second-order valence-corrected chi connectivity index (χ2v) is 2.98. The molecule has 68 valence electrons. The van der Waals surface area contributed by atoms with Gasteiger partial charge in [-0.15, -0.1) is 0 Å². The molecule has 2 N–H and O–H groups in total. The Bertz CT molecular complexity index is 420. The molecule has 0 spiro atoms. The van der Waals surface area contributed by atoms with Crippen LogP contribution in [0.5, 0.6) is 5.75 Å². The lowest BCUT2D eigenvalue weighted by molar-refractivity contribution is 0.186. The number of ether oxygens (including phenoxy) is 1. The first-order valence-electron chi connectivity index (χ1n) is 4.09. The summed E-state index contributed by atoms with van der Waals surface area (Å²) in [5.41, 5.74) is 2.08. The zero-order valence-electron chi connectivity index (χ0n) is 7.37. The van der Waals surface area contributed by atoms with Gasteiger partial charge in [-0.2, -0.15) is 0 Å². The molecule has 0 aliphatic carbocycles. The molecule has 3 heteroatoms. The molecule has 1 heterocycles. The summed E-state index contributed by atoms with van der Waals surface area (Å²) in [5, 5.41) is 10.3. The second kappa shape index (κ2) is 3.11. The molecule has 2 aromatic rings. The number of rotatable bonds is 2. The predicted octanol–water partition coefficient (Wildman–Crippen LogP) is 2.02. The fourth-order valence-electron chi connectivity index (χ4n) is 1.44. The molecule has 0 amide bonds. The van der Waals surface area contributed by atoms with Crippen molar-refractivity contribution in [3.8, 4) is 5.75 Å². The molecule has 3 nitrogen and oxygen atoms in total. The molecular formula is C10H11NO2. The van der Waals surface area contributed by atoms with Crippen LogP contribution in [0.25, 0.3) is 10.9 Å². The monoisotopic (exact) mass is 177 g/mol. The van der Waals surface area contributed by atoms with Gasteiger partial charge in [-0.3, -0.25) is 0 Å².